The number of nitrogens with zero attached hydrogens (tertiary/aromatic N) is 4. The zero-order chi connectivity index (χ0) is 35.0. The summed E-state index contributed by atoms with van der Waals surface area (Å²) in [6.45, 7) is 2.02. The largest absolute Gasteiger partial charge is 0.389 e. The molecule has 0 unspecified atom stereocenters. The van der Waals surface area contributed by atoms with Crippen molar-refractivity contribution in [3.63, 3.8) is 0 Å². The maximum Gasteiger partial charge on any atom is 0.251 e. The molecular formula is C36H44N6O5S. The molecule has 2 amide bonds. The Kier molecular flexibility index (Phi) is 11.8. The summed E-state index contributed by atoms with van der Waals surface area (Å²) in [5, 5.41) is 17.4. The highest BCUT2D eigenvalue weighted by atomic mass is 32.2. The Morgan fingerprint density at radius 3 is 1.94 bits per heavy atom. The number of aliphatic hydroxyl groups is 1. The van der Waals surface area contributed by atoms with Crippen molar-refractivity contribution < 1.29 is 23.1 Å². The normalized spacial score (nSPS) is 13.1. The molecule has 0 aliphatic rings. The Bertz CT molecular complexity index is 1800. The third-order valence-corrected chi connectivity index (χ3v) is 9.36. The minimum Gasteiger partial charge on any atom is -0.389 e. The van der Waals surface area contributed by atoms with Gasteiger partial charge in [0, 0.05) is 45.9 Å². The Morgan fingerprint density at radius 1 is 0.792 bits per heavy atom. The van der Waals surface area contributed by atoms with Gasteiger partial charge in [0.05, 0.1) is 53.9 Å². The number of aliphatic hydroxyl groups excluding tert-OH is 1. The van der Waals surface area contributed by atoms with Crippen LogP contribution in [0.15, 0.2) is 97.3 Å². The second-order valence-electron chi connectivity index (χ2n) is 12.1. The summed E-state index contributed by atoms with van der Waals surface area (Å²) in [4.78, 5) is 35.5. The van der Waals surface area contributed by atoms with Gasteiger partial charge in [0.1, 0.15) is 0 Å². The van der Waals surface area contributed by atoms with Gasteiger partial charge < -0.3 is 25.5 Å². The summed E-state index contributed by atoms with van der Waals surface area (Å²) in [6, 6.07) is 24.1. The lowest BCUT2D eigenvalue weighted by Crippen LogP contribution is -2.49. The van der Waals surface area contributed by atoms with Gasteiger partial charge in [-0.2, -0.15) is 0 Å². The van der Waals surface area contributed by atoms with E-state index in [1.807, 2.05) is 105 Å². The lowest BCUT2D eigenvalue weighted by Gasteiger charge is -2.29. The van der Waals surface area contributed by atoms with Crippen LogP contribution in [-0.4, -0.2) is 83.5 Å². The van der Waals surface area contributed by atoms with Crippen LogP contribution in [0.3, 0.4) is 0 Å². The molecule has 11 nitrogen and oxygen atoms in total. The van der Waals surface area contributed by atoms with E-state index in [1.165, 1.54) is 25.2 Å². The molecule has 0 saturated heterocycles. The molecule has 0 bridgehead atoms. The van der Waals surface area contributed by atoms with Gasteiger partial charge in [-0.05, 0) is 48.7 Å². The summed E-state index contributed by atoms with van der Waals surface area (Å²) >= 11 is 0. The van der Waals surface area contributed by atoms with Crippen LogP contribution in [0.2, 0.25) is 0 Å². The summed E-state index contributed by atoms with van der Waals surface area (Å²) in [6.07, 6.45) is 3.81. The van der Waals surface area contributed by atoms with E-state index in [0.717, 1.165) is 33.1 Å². The first kappa shape index (κ1) is 35.9. The van der Waals surface area contributed by atoms with Crippen LogP contribution in [0.4, 0.5) is 17.1 Å². The second kappa shape index (κ2) is 15.8. The number of carbonyl (C=O) groups is 2. The minimum absolute atomic E-state index is 0.0713. The predicted molar refractivity (Wildman–Crippen MR) is 191 cm³/mol. The van der Waals surface area contributed by atoms with Gasteiger partial charge in [0.2, 0.25) is 10.0 Å². The summed E-state index contributed by atoms with van der Waals surface area (Å²) in [7, 11) is 3.32. The zero-order valence-electron chi connectivity index (χ0n) is 28.2. The molecule has 0 saturated carbocycles. The van der Waals surface area contributed by atoms with Gasteiger partial charge in [0.25, 0.3) is 11.8 Å². The lowest BCUT2D eigenvalue weighted by molar-refractivity contribution is 0.0843. The summed E-state index contributed by atoms with van der Waals surface area (Å²) < 4.78 is 26.0. The van der Waals surface area contributed by atoms with E-state index < -0.39 is 34.0 Å². The molecule has 0 fully saturated rings. The van der Waals surface area contributed by atoms with Crippen molar-refractivity contribution in [3.8, 4) is 0 Å². The van der Waals surface area contributed by atoms with Gasteiger partial charge in [-0.15, -0.1) is 0 Å². The number of likely N-dealkylation sites (N-methyl/N-ethyl adjacent to an activating group) is 1. The molecular weight excluding hydrogens is 629 g/mol. The average Bonchev–Trinajstić information content (AvgIpc) is 3.07. The molecule has 0 spiro atoms. The first-order chi connectivity index (χ1) is 22.7. The topological polar surface area (TPSA) is 135 Å². The SMILES string of the molecule is C[C@@H](NC(=O)c1cc(C(=O)N[C@@H](Cc2ccccc2)[C@H](O)CN(C)c2cncc(N(C)C)c2)cc(N(C)S(C)(=O)=O)c1)c1ccccc1. The number of amides is 2. The maximum absolute atomic E-state index is 13.9. The third kappa shape index (κ3) is 9.55. The van der Waals surface area contributed by atoms with E-state index in [4.69, 9.17) is 0 Å². The smallest absolute Gasteiger partial charge is 0.251 e. The van der Waals surface area contributed by atoms with Crippen LogP contribution in [0.25, 0.3) is 0 Å². The van der Waals surface area contributed by atoms with E-state index in [2.05, 4.69) is 15.6 Å². The van der Waals surface area contributed by atoms with Crippen molar-refractivity contribution in [1.29, 1.82) is 0 Å². The van der Waals surface area contributed by atoms with Crippen molar-refractivity contribution in [3.05, 3.63) is 120 Å². The van der Waals surface area contributed by atoms with Crippen molar-refractivity contribution in [2.24, 2.45) is 0 Å². The maximum atomic E-state index is 13.9. The van der Waals surface area contributed by atoms with Crippen molar-refractivity contribution >= 4 is 38.9 Å². The van der Waals surface area contributed by atoms with E-state index in [1.54, 1.807) is 12.4 Å². The van der Waals surface area contributed by atoms with Crippen LogP contribution in [0, 0.1) is 0 Å². The fraction of sp³-hybridized carbons (Fsp3) is 0.306. The molecule has 3 N–H and O–H groups in total. The summed E-state index contributed by atoms with van der Waals surface area (Å²) in [5.74, 6) is -1.04. The molecule has 3 atom stereocenters. The van der Waals surface area contributed by atoms with Gasteiger partial charge in [-0.25, -0.2) is 8.42 Å². The molecule has 4 aromatic rings. The fourth-order valence-electron chi connectivity index (χ4n) is 5.14. The number of rotatable bonds is 14. The Morgan fingerprint density at radius 2 is 1.35 bits per heavy atom. The van der Waals surface area contributed by atoms with Crippen LogP contribution < -0.4 is 24.7 Å². The summed E-state index contributed by atoms with van der Waals surface area (Å²) in [5.41, 5.74) is 3.82. The van der Waals surface area contributed by atoms with Crippen LogP contribution in [0.5, 0.6) is 0 Å². The van der Waals surface area contributed by atoms with Gasteiger partial charge >= 0.3 is 0 Å². The van der Waals surface area contributed by atoms with Gasteiger partial charge in [-0.3, -0.25) is 18.9 Å². The molecule has 254 valence electrons. The van der Waals surface area contributed by atoms with Crippen LogP contribution in [0.1, 0.15) is 44.8 Å². The number of sulfonamides is 1. The van der Waals surface area contributed by atoms with E-state index in [9.17, 15) is 23.1 Å². The minimum atomic E-state index is -3.72. The zero-order valence-corrected chi connectivity index (χ0v) is 29.0. The van der Waals surface area contributed by atoms with Crippen LogP contribution in [-0.2, 0) is 16.4 Å². The molecule has 48 heavy (non-hydrogen) atoms. The van der Waals surface area contributed by atoms with Gasteiger partial charge in [-0.1, -0.05) is 60.7 Å². The molecule has 0 radical (unpaired) electrons. The number of hydrogen-bond acceptors (Lipinski definition) is 8. The van der Waals surface area contributed by atoms with E-state index >= 15 is 0 Å². The number of aromatic nitrogens is 1. The fourth-order valence-corrected chi connectivity index (χ4v) is 5.63. The Hall–Kier alpha value is -4.94. The molecule has 3 aromatic carbocycles. The van der Waals surface area contributed by atoms with E-state index in [0.29, 0.717) is 6.42 Å². The number of carbonyl (C=O) groups excluding carboxylic acids is 2. The highest BCUT2D eigenvalue weighted by molar-refractivity contribution is 7.92. The average molecular weight is 673 g/mol. The number of benzene rings is 3. The van der Waals surface area contributed by atoms with Gasteiger partial charge in [0.15, 0.2) is 0 Å². The van der Waals surface area contributed by atoms with Crippen molar-refractivity contribution in [1.82, 2.24) is 15.6 Å². The molecule has 0 aliphatic carbocycles. The number of pyridine rings is 1. The first-order valence-electron chi connectivity index (χ1n) is 15.5. The molecule has 0 aliphatic heterocycles. The predicted octanol–water partition coefficient (Wildman–Crippen LogP) is 3.87. The quantitative estimate of drug-likeness (QED) is 0.184. The van der Waals surface area contributed by atoms with Crippen molar-refractivity contribution in [2.45, 2.75) is 31.5 Å². The van der Waals surface area contributed by atoms with Crippen LogP contribution >= 0.6 is 0 Å². The Balaban J connectivity index is 1.63. The third-order valence-electron chi connectivity index (χ3n) is 8.16. The van der Waals surface area contributed by atoms with E-state index in [-0.39, 0.29) is 29.4 Å². The molecule has 1 aromatic heterocycles. The van der Waals surface area contributed by atoms with Crippen molar-refractivity contribution in [2.75, 3.05) is 55.1 Å². The standard InChI is InChI=1S/C36H44N6O5S/c1-25(27-15-11-8-12-16-27)38-35(44)28-18-29(20-30(19-28)42(5)48(6,46)47)36(45)39-33(17-26-13-9-7-10-14-26)34(43)24-41(4)32-21-31(40(2)3)22-37-23-32/h7-16,18-23,25,33-34,43H,17,24H2,1-6H3,(H,38,44)(H,39,45)/t25-,33+,34-/m1/s1. The molecule has 4 rings (SSSR count). The molecule has 12 heteroatoms. The first-order valence-corrected chi connectivity index (χ1v) is 17.4. The number of nitrogens with one attached hydrogen (secondary N) is 2. The number of hydrogen-bond donors (Lipinski definition) is 3. The molecule has 1 heterocycles. The highest BCUT2D eigenvalue weighted by Gasteiger charge is 2.26. The lowest BCUT2D eigenvalue weighted by atomic mass is 9.99. The number of anilines is 3. The highest BCUT2D eigenvalue weighted by Crippen LogP contribution is 2.23. The Labute approximate surface area is 283 Å². The second-order valence-corrected chi connectivity index (χ2v) is 14.1. The monoisotopic (exact) mass is 672 g/mol.